The van der Waals surface area contributed by atoms with Gasteiger partial charge < -0.3 is 5.32 Å². The van der Waals surface area contributed by atoms with Gasteiger partial charge in [0.1, 0.15) is 5.82 Å². The normalized spacial score (nSPS) is 15.8. The van der Waals surface area contributed by atoms with Crippen LogP contribution in [0.4, 0.5) is 10.3 Å². The van der Waals surface area contributed by atoms with Gasteiger partial charge in [-0.2, -0.15) is 0 Å². The number of halogens is 1. The van der Waals surface area contributed by atoms with Crippen molar-refractivity contribution in [3.05, 3.63) is 41.5 Å². The largest absolute Gasteiger partial charge is 0.353 e. The van der Waals surface area contributed by atoms with Crippen molar-refractivity contribution in [2.45, 2.75) is 45.6 Å². The number of hydrogen-bond donors (Lipinski definition) is 1. The molecule has 0 bridgehead atoms. The molecule has 3 rings (SSSR count). The number of nitrogens with zero attached hydrogens (tertiary/aromatic N) is 2. The molecule has 2 aromatic rings. The second-order valence-electron chi connectivity index (χ2n) is 5.69. The average Bonchev–Trinajstić information content (AvgIpc) is 2.98. The predicted octanol–water partition coefficient (Wildman–Crippen LogP) is 3.98. The molecule has 0 atom stereocenters. The molecule has 0 amide bonds. The van der Waals surface area contributed by atoms with Gasteiger partial charge in [-0.05, 0) is 50.5 Å². The number of hydrogen-bond acceptors (Lipinski definition) is 2. The Morgan fingerprint density at radius 2 is 1.95 bits per heavy atom. The van der Waals surface area contributed by atoms with E-state index >= 15 is 0 Å². The van der Waals surface area contributed by atoms with E-state index in [2.05, 4.69) is 10.3 Å². The van der Waals surface area contributed by atoms with Crippen molar-refractivity contribution >= 4 is 5.95 Å². The van der Waals surface area contributed by atoms with Crippen molar-refractivity contribution in [3.8, 4) is 5.69 Å². The molecule has 0 unspecified atom stereocenters. The summed E-state index contributed by atoms with van der Waals surface area (Å²) in [4.78, 5) is 4.54. The summed E-state index contributed by atoms with van der Waals surface area (Å²) < 4.78 is 15.6. The molecule has 1 aromatic carbocycles. The maximum atomic E-state index is 13.6. The zero-order valence-electron chi connectivity index (χ0n) is 12.0. The predicted molar refractivity (Wildman–Crippen MR) is 78.9 cm³/mol. The summed E-state index contributed by atoms with van der Waals surface area (Å²) in [6.45, 7) is 3.86. The molecule has 1 aromatic heterocycles. The number of benzene rings is 1. The number of nitrogens with one attached hydrogen (secondary N) is 1. The van der Waals surface area contributed by atoms with Crippen LogP contribution in [-0.4, -0.2) is 15.6 Å². The molecule has 0 spiro atoms. The number of rotatable bonds is 3. The van der Waals surface area contributed by atoms with Crippen molar-refractivity contribution in [1.29, 1.82) is 0 Å². The maximum Gasteiger partial charge on any atom is 0.207 e. The smallest absolute Gasteiger partial charge is 0.207 e. The molecule has 0 radical (unpaired) electrons. The summed E-state index contributed by atoms with van der Waals surface area (Å²) in [7, 11) is 0. The topological polar surface area (TPSA) is 29.9 Å². The van der Waals surface area contributed by atoms with E-state index in [0.717, 1.165) is 22.9 Å². The Labute approximate surface area is 118 Å². The zero-order chi connectivity index (χ0) is 14.1. The number of imidazole rings is 1. The van der Waals surface area contributed by atoms with E-state index in [4.69, 9.17) is 0 Å². The van der Waals surface area contributed by atoms with Crippen LogP contribution < -0.4 is 5.32 Å². The van der Waals surface area contributed by atoms with Gasteiger partial charge in [-0.3, -0.25) is 4.57 Å². The van der Waals surface area contributed by atoms with Gasteiger partial charge >= 0.3 is 0 Å². The van der Waals surface area contributed by atoms with E-state index in [1.165, 1.54) is 31.7 Å². The van der Waals surface area contributed by atoms with Crippen LogP contribution in [0.2, 0.25) is 0 Å². The lowest BCUT2D eigenvalue weighted by atomic mass is 10.2. The highest BCUT2D eigenvalue weighted by Gasteiger charge is 2.18. The standard InChI is InChI=1S/C16H20FN3/c1-11-7-13(17)9-15(8-11)20-10-12(2)18-16(20)19-14-5-3-4-6-14/h7-10,14H,3-6H2,1-2H3,(H,18,19). The second-order valence-corrected chi connectivity index (χ2v) is 5.69. The summed E-state index contributed by atoms with van der Waals surface area (Å²) in [6.07, 6.45) is 6.88. The molecular weight excluding hydrogens is 253 g/mol. The van der Waals surface area contributed by atoms with Gasteiger partial charge in [0.05, 0.1) is 11.4 Å². The van der Waals surface area contributed by atoms with Crippen LogP contribution in [0.1, 0.15) is 36.9 Å². The first-order valence-corrected chi connectivity index (χ1v) is 7.22. The minimum Gasteiger partial charge on any atom is -0.353 e. The fourth-order valence-electron chi connectivity index (χ4n) is 2.91. The average molecular weight is 273 g/mol. The lowest BCUT2D eigenvalue weighted by molar-refractivity contribution is 0.625. The molecule has 1 aliphatic rings. The van der Waals surface area contributed by atoms with Crippen LogP contribution in [0.25, 0.3) is 5.69 Å². The molecule has 1 fully saturated rings. The van der Waals surface area contributed by atoms with Crippen LogP contribution in [0.3, 0.4) is 0 Å². The van der Waals surface area contributed by atoms with E-state index < -0.39 is 0 Å². The maximum absolute atomic E-state index is 13.6. The van der Waals surface area contributed by atoms with Gasteiger partial charge in [0.25, 0.3) is 0 Å². The van der Waals surface area contributed by atoms with Crippen molar-refractivity contribution in [3.63, 3.8) is 0 Å². The van der Waals surface area contributed by atoms with E-state index in [1.807, 2.05) is 30.7 Å². The van der Waals surface area contributed by atoms with Gasteiger partial charge in [0.2, 0.25) is 5.95 Å². The van der Waals surface area contributed by atoms with E-state index in [0.29, 0.717) is 6.04 Å². The molecule has 106 valence electrons. The van der Waals surface area contributed by atoms with Gasteiger partial charge in [0.15, 0.2) is 0 Å². The molecule has 3 nitrogen and oxygen atoms in total. The minimum atomic E-state index is -0.210. The van der Waals surface area contributed by atoms with Crippen LogP contribution in [0.15, 0.2) is 24.4 Å². The van der Waals surface area contributed by atoms with Crippen LogP contribution in [0, 0.1) is 19.7 Å². The Kier molecular flexibility index (Phi) is 3.47. The van der Waals surface area contributed by atoms with Crippen molar-refractivity contribution in [2.75, 3.05) is 5.32 Å². The first-order chi connectivity index (χ1) is 9.61. The zero-order valence-corrected chi connectivity index (χ0v) is 12.0. The Morgan fingerprint density at radius 1 is 1.20 bits per heavy atom. The Balaban J connectivity index is 1.95. The van der Waals surface area contributed by atoms with Crippen molar-refractivity contribution in [2.24, 2.45) is 0 Å². The van der Waals surface area contributed by atoms with E-state index in [-0.39, 0.29) is 5.82 Å². The fraction of sp³-hybridized carbons (Fsp3) is 0.438. The highest BCUT2D eigenvalue weighted by atomic mass is 19.1. The summed E-state index contributed by atoms with van der Waals surface area (Å²) in [5.74, 6) is 0.609. The lowest BCUT2D eigenvalue weighted by Gasteiger charge is -2.15. The summed E-state index contributed by atoms with van der Waals surface area (Å²) in [5, 5.41) is 3.50. The molecule has 0 saturated heterocycles. The Morgan fingerprint density at radius 3 is 2.65 bits per heavy atom. The van der Waals surface area contributed by atoms with Crippen LogP contribution in [0.5, 0.6) is 0 Å². The van der Waals surface area contributed by atoms with Crippen molar-refractivity contribution < 1.29 is 4.39 Å². The summed E-state index contributed by atoms with van der Waals surface area (Å²) in [5.41, 5.74) is 2.68. The summed E-state index contributed by atoms with van der Waals surface area (Å²) in [6, 6.07) is 5.56. The summed E-state index contributed by atoms with van der Waals surface area (Å²) >= 11 is 0. The van der Waals surface area contributed by atoms with Gasteiger partial charge in [-0.25, -0.2) is 9.37 Å². The molecule has 1 saturated carbocycles. The third-order valence-electron chi connectivity index (χ3n) is 3.82. The van der Waals surface area contributed by atoms with Gasteiger partial charge in [-0.1, -0.05) is 12.8 Å². The molecule has 1 N–H and O–H groups in total. The molecule has 20 heavy (non-hydrogen) atoms. The first kappa shape index (κ1) is 13.2. The monoisotopic (exact) mass is 273 g/mol. The number of anilines is 1. The van der Waals surface area contributed by atoms with Crippen LogP contribution >= 0.6 is 0 Å². The highest BCUT2D eigenvalue weighted by Crippen LogP contribution is 2.24. The molecule has 4 heteroatoms. The van der Waals surface area contributed by atoms with E-state index in [1.54, 1.807) is 6.07 Å². The van der Waals surface area contributed by atoms with E-state index in [9.17, 15) is 4.39 Å². The molecule has 1 aliphatic carbocycles. The molecule has 0 aliphatic heterocycles. The fourth-order valence-corrected chi connectivity index (χ4v) is 2.91. The SMILES string of the molecule is Cc1cc(F)cc(-n2cc(C)nc2NC2CCCC2)c1. The first-order valence-electron chi connectivity index (χ1n) is 7.22. The van der Waals surface area contributed by atoms with Crippen LogP contribution in [-0.2, 0) is 0 Å². The molecular formula is C16H20FN3. The Hall–Kier alpha value is -1.84. The third kappa shape index (κ3) is 2.69. The quantitative estimate of drug-likeness (QED) is 0.916. The Bertz CT molecular complexity index is 592. The van der Waals surface area contributed by atoms with Gasteiger partial charge in [-0.15, -0.1) is 0 Å². The number of aryl methyl sites for hydroxylation is 2. The third-order valence-corrected chi connectivity index (χ3v) is 3.82. The van der Waals surface area contributed by atoms with Crippen molar-refractivity contribution in [1.82, 2.24) is 9.55 Å². The highest BCUT2D eigenvalue weighted by molar-refractivity contribution is 5.45. The van der Waals surface area contributed by atoms with Gasteiger partial charge in [0, 0.05) is 12.2 Å². The second kappa shape index (κ2) is 5.27. The lowest BCUT2D eigenvalue weighted by Crippen LogP contribution is -2.17. The molecule has 1 heterocycles. The minimum absolute atomic E-state index is 0.210. The number of aromatic nitrogens is 2.